The number of H-pyrrole nitrogens is 1. The number of aromatic amines is 1. The lowest BCUT2D eigenvalue weighted by molar-refractivity contribution is -0.00228. The lowest BCUT2D eigenvalue weighted by atomic mass is 9.53. The summed E-state index contributed by atoms with van der Waals surface area (Å²) >= 11 is 0. The van der Waals surface area contributed by atoms with Gasteiger partial charge in [0.15, 0.2) is 0 Å². The van der Waals surface area contributed by atoms with Gasteiger partial charge in [0, 0.05) is 24.1 Å². The molecule has 0 unspecified atom stereocenters. The molecule has 7 rings (SSSR count). The molecule has 0 spiro atoms. The summed E-state index contributed by atoms with van der Waals surface area (Å²) in [4.78, 5) is 20.0. The van der Waals surface area contributed by atoms with Crippen molar-refractivity contribution in [2.24, 2.45) is 23.7 Å². The topological polar surface area (TPSA) is 71.1 Å². The quantitative estimate of drug-likeness (QED) is 0.579. The molecule has 1 amide bonds. The summed E-state index contributed by atoms with van der Waals surface area (Å²) in [5.41, 5.74) is 2.09. The highest BCUT2D eigenvalue weighted by atomic mass is 19.1. The van der Waals surface area contributed by atoms with E-state index in [-0.39, 0.29) is 17.8 Å². The van der Waals surface area contributed by atoms with Gasteiger partial charge in [-0.2, -0.15) is 5.10 Å². The predicted molar refractivity (Wildman–Crippen MR) is 121 cm³/mol. The first kappa shape index (κ1) is 20.4. The zero-order valence-corrected chi connectivity index (χ0v) is 18.4. The number of aromatic nitrogens is 3. The van der Waals surface area contributed by atoms with Crippen molar-refractivity contribution >= 4 is 11.6 Å². The molecule has 1 aromatic carbocycles. The zero-order valence-electron chi connectivity index (χ0n) is 18.4. The summed E-state index contributed by atoms with van der Waals surface area (Å²) in [7, 11) is 0. The molecule has 4 aliphatic carbocycles. The Morgan fingerprint density at radius 1 is 1.00 bits per heavy atom. The van der Waals surface area contributed by atoms with Crippen molar-refractivity contribution in [3.8, 4) is 5.88 Å². The lowest BCUT2D eigenvalue weighted by Crippen LogP contribution is -2.57. The van der Waals surface area contributed by atoms with E-state index in [4.69, 9.17) is 4.74 Å². The molecule has 170 valence electrons. The molecule has 4 fully saturated rings. The van der Waals surface area contributed by atoms with Crippen molar-refractivity contribution in [2.75, 3.05) is 4.90 Å². The molecular weight excluding hydrogens is 419 g/mol. The Labute approximate surface area is 192 Å². The van der Waals surface area contributed by atoms with Crippen LogP contribution in [0.1, 0.15) is 48.0 Å². The van der Waals surface area contributed by atoms with E-state index in [1.807, 2.05) is 17.0 Å². The standard InChI is InChI=1S/C26H27FN4O2/c27-21-1-3-22(4-2-21)31(24-19-10-17-9-18(12-19)13-20(24)11-17)26(32)23-14-29-30-25(23)33-15-16-5-7-28-8-6-16/h1-8,14,17-20,24H,9-13,15H2,(H,29,30). The summed E-state index contributed by atoms with van der Waals surface area (Å²) in [5.74, 6) is 2.47. The van der Waals surface area contributed by atoms with Crippen LogP contribution in [0.2, 0.25) is 0 Å². The fourth-order valence-corrected chi connectivity index (χ4v) is 6.65. The highest BCUT2D eigenvalue weighted by molar-refractivity contribution is 6.08. The summed E-state index contributed by atoms with van der Waals surface area (Å²) in [6.45, 7) is 0.305. The number of anilines is 1. The maximum Gasteiger partial charge on any atom is 0.265 e. The smallest absolute Gasteiger partial charge is 0.265 e. The zero-order chi connectivity index (χ0) is 22.4. The molecule has 4 saturated carbocycles. The van der Waals surface area contributed by atoms with Gasteiger partial charge in [-0.1, -0.05) is 0 Å². The van der Waals surface area contributed by atoms with Gasteiger partial charge in [0.05, 0.1) is 6.20 Å². The van der Waals surface area contributed by atoms with Crippen LogP contribution in [-0.4, -0.2) is 27.1 Å². The van der Waals surface area contributed by atoms with E-state index < -0.39 is 0 Å². The number of nitrogens with zero attached hydrogens (tertiary/aromatic N) is 3. The van der Waals surface area contributed by atoms with Gasteiger partial charge in [-0.3, -0.25) is 9.78 Å². The molecule has 1 N–H and O–H groups in total. The van der Waals surface area contributed by atoms with E-state index in [0.29, 0.717) is 29.9 Å². The Morgan fingerprint density at radius 3 is 2.33 bits per heavy atom. The molecule has 7 heteroatoms. The second-order valence-corrected chi connectivity index (χ2v) is 9.83. The number of halogens is 1. The number of carbonyl (C=O) groups is 1. The van der Waals surface area contributed by atoms with Crippen LogP contribution in [0.4, 0.5) is 10.1 Å². The molecule has 2 aromatic heterocycles. The lowest BCUT2D eigenvalue weighted by Gasteiger charge is -2.57. The fourth-order valence-electron chi connectivity index (χ4n) is 6.65. The summed E-state index contributed by atoms with van der Waals surface area (Å²) in [6, 6.07) is 10.2. The van der Waals surface area contributed by atoms with Gasteiger partial charge in [-0.15, -0.1) is 0 Å². The van der Waals surface area contributed by atoms with E-state index in [9.17, 15) is 9.18 Å². The minimum Gasteiger partial charge on any atom is -0.473 e. The van der Waals surface area contributed by atoms with Crippen molar-refractivity contribution in [1.29, 1.82) is 0 Å². The average Bonchev–Trinajstić information content (AvgIpc) is 3.29. The first-order chi connectivity index (χ1) is 16.2. The SMILES string of the molecule is O=C(c1cn[nH]c1OCc1ccncc1)N(c1ccc(F)cc1)C1C2CC3CC(C2)CC1C3. The van der Waals surface area contributed by atoms with Crippen LogP contribution >= 0.6 is 0 Å². The first-order valence-corrected chi connectivity index (χ1v) is 11.8. The molecule has 4 aliphatic rings. The van der Waals surface area contributed by atoms with Gasteiger partial charge in [0.2, 0.25) is 5.88 Å². The van der Waals surface area contributed by atoms with Crippen LogP contribution in [0.5, 0.6) is 5.88 Å². The van der Waals surface area contributed by atoms with Crippen LogP contribution < -0.4 is 9.64 Å². The Morgan fingerprint density at radius 2 is 1.67 bits per heavy atom. The van der Waals surface area contributed by atoms with Gasteiger partial charge in [-0.05, 0) is 97.7 Å². The van der Waals surface area contributed by atoms with Gasteiger partial charge in [0.25, 0.3) is 5.91 Å². The van der Waals surface area contributed by atoms with Crippen LogP contribution in [0.15, 0.2) is 55.0 Å². The predicted octanol–water partition coefficient (Wildman–Crippen LogP) is 4.99. The molecule has 4 bridgehead atoms. The minimum absolute atomic E-state index is 0.124. The van der Waals surface area contributed by atoms with E-state index in [1.165, 1.54) is 50.4 Å². The van der Waals surface area contributed by atoms with Crippen molar-refractivity contribution in [3.63, 3.8) is 0 Å². The largest absolute Gasteiger partial charge is 0.473 e. The second kappa shape index (κ2) is 8.28. The van der Waals surface area contributed by atoms with Crippen LogP contribution in [0.3, 0.4) is 0 Å². The number of benzene rings is 1. The van der Waals surface area contributed by atoms with Crippen LogP contribution in [0.25, 0.3) is 0 Å². The average molecular weight is 447 g/mol. The Kier molecular flexibility index (Phi) is 5.12. The van der Waals surface area contributed by atoms with Gasteiger partial charge < -0.3 is 9.64 Å². The molecule has 0 aliphatic heterocycles. The molecule has 0 saturated heterocycles. The monoisotopic (exact) mass is 446 g/mol. The normalized spacial score (nSPS) is 27.5. The second-order valence-electron chi connectivity index (χ2n) is 9.83. The number of ether oxygens (including phenoxy) is 1. The number of hydrogen-bond donors (Lipinski definition) is 1. The summed E-state index contributed by atoms with van der Waals surface area (Å²) in [5, 5.41) is 6.96. The Hall–Kier alpha value is -3.22. The summed E-state index contributed by atoms with van der Waals surface area (Å²) < 4.78 is 19.7. The molecule has 33 heavy (non-hydrogen) atoms. The van der Waals surface area contributed by atoms with Crippen molar-refractivity contribution in [1.82, 2.24) is 15.2 Å². The van der Waals surface area contributed by atoms with Crippen molar-refractivity contribution < 1.29 is 13.9 Å². The number of carbonyl (C=O) groups excluding carboxylic acids is 1. The molecular formula is C26H27FN4O2. The van der Waals surface area contributed by atoms with E-state index >= 15 is 0 Å². The molecule has 2 heterocycles. The molecule has 3 aromatic rings. The van der Waals surface area contributed by atoms with Gasteiger partial charge >= 0.3 is 0 Å². The van der Waals surface area contributed by atoms with Crippen molar-refractivity contribution in [3.05, 3.63) is 71.9 Å². The third-order valence-corrected chi connectivity index (χ3v) is 7.77. The highest BCUT2D eigenvalue weighted by Crippen LogP contribution is 2.55. The van der Waals surface area contributed by atoms with E-state index in [2.05, 4.69) is 15.2 Å². The van der Waals surface area contributed by atoms with Crippen LogP contribution in [0, 0.1) is 29.5 Å². The number of rotatable bonds is 6. The molecule has 6 nitrogen and oxygen atoms in total. The third kappa shape index (κ3) is 3.79. The third-order valence-electron chi connectivity index (χ3n) is 7.77. The molecule has 0 radical (unpaired) electrons. The maximum absolute atomic E-state index is 14.0. The first-order valence-electron chi connectivity index (χ1n) is 11.8. The number of pyridine rings is 1. The number of hydrogen-bond acceptors (Lipinski definition) is 4. The molecule has 0 atom stereocenters. The number of nitrogens with one attached hydrogen (secondary N) is 1. The van der Waals surface area contributed by atoms with Gasteiger partial charge in [0.1, 0.15) is 18.0 Å². The Balaban J connectivity index is 1.32. The minimum atomic E-state index is -0.305. The van der Waals surface area contributed by atoms with Gasteiger partial charge in [-0.25, -0.2) is 9.49 Å². The van der Waals surface area contributed by atoms with E-state index in [1.54, 1.807) is 24.5 Å². The maximum atomic E-state index is 14.0. The summed E-state index contributed by atoms with van der Waals surface area (Å²) in [6.07, 6.45) is 11.0. The number of amides is 1. The van der Waals surface area contributed by atoms with Crippen molar-refractivity contribution in [2.45, 2.75) is 44.8 Å². The van der Waals surface area contributed by atoms with Crippen LogP contribution in [-0.2, 0) is 6.61 Å². The highest BCUT2D eigenvalue weighted by Gasteiger charge is 2.51. The Bertz CT molecular complexity index is 1100. The van der Waals surface area contributed by atoms with E-state index in [0.717, 1.165) is 23.1 Å². The fraction of sp³-hybridized carbons (Fsp3) is 0.423.